The fourth-order valence-electron chi connectivity index (χ4n) is 4.01. The summed E-state index contributed by atoms with van der Waals surface area (Å²) < 4.78 is 16.1. The summed E-state index contributed by atoms with van der Waals surface area (Å²) in [6.07, 6.45) is 2.10. The van der Waals surface area contributed by atoms with E-state index >= 15 is 0 Å². The number of methoxy groups -OCH3 is 3. The molecule has 3 rings (SSSR count). The summed E-state index contributed by atoms with van der Waals surface area (Å²) in [7, 11) is 6.46. The summed E-state index contributed by atoms with van der Waals surface area (Å²) in [4.78, 5) is 29.1. The third kappa shape index (κ3) is 3.87. The second-order valence-corrected chi connectivity index (χ2v) is 7.22. The molecule has 1 aromatic carbocycles. The Morgan fingerprint density at radius 2 is 1.71 bits per heavy atom. The third-order valence-electron chi connectivity index (χ3n) is 5.64. The van der Waals surface area contributed by atoms with Crippen LogP contribution in [0.5, 0.6) is 17.2 Å². The number of ether oxygens (including phenoxy) is 3. The van der Waals surface area contributed by atoms with Gasteiger partial charge in [0.1, 0.15) is 0 Å². The van der Waals surface area contributed by atoms with Crippen LogP contribution < -0.4 is 24.4 Å². The van der Waals surface area contributed by atoms with Crippen LogP contribution >= 0.6 is 0 Å². The van der Waals surface area contributed by atoms with Crippen molar-refractivity contribution < 1.29 is 23.8 Å². The number of nitrogens with one attached hydrogen (secondary N) is 1. The number of amides is 2. The Hall–Kier alpha value is -2.48. The first kappa shape index (κ1) is 20.3. The Morgan fingerprint density at radius 1 is 1.11 bits per heavy atom. The molecule has 2 fully saturated rings. The van der Waals surface area contributed by atoms with E-state index in [9.17, 15) is 9.59 Å². The van der Waals surface area contributed by atoms with Crippen LogP contribution in [0.25, 0.3) is 0 Å². The van der Waals surface area contributed by atoms with E-state index in [2.05, 4.69) is 5.32 Å². The first-order valence-electron chi connectivity index (χ1n) is 9.57. The minimum Gasteiger partial charge on any atom is -0.493 e. The molecule has 2 aliphatic rings. The molecule has 8 nitrogen and oxygen atoms in total. The van der Waals surface area contributed by atoms with Gasteiger partial charge in [-0.3, -0.25) is 9.59 Å². The first-order valence-corrected chi connectivity index (χ1v) is 9.57. The zero-order valence-corrected chi connectivity index (χ0v) is 17.0. The lowest BCUT2D eigenvalue weighted by atomic mass is 10.0. The Kier molecular flexibility index (Phi) is 6.28. The number of rotatable bonds is 6. The van der Waals surface area contributed by atoms with Crippen LogP contribution in [0.4, 0.5) is 5.69 Å². The van der Waals surface area contributed by atoms with Gasteiger partial charge in [-0.05, 0) is 25.9 Å². The number of carbonyl (C=O) groups excluding carboxylic acids is 2. The summed E-state index contributed by atoms with van der Waals surface area (Å²) in [5, 5.41) is 3.31. The van der Waals surface area contributed by atoms with Gasteiger partial charge in [0.15, 0.2) is 11.5 Å². The summed E-state index contributed by atoms with van der Waals surface area (Å²) >= 11 is 0. The first-order chi connectivity index (χ1) is 13.5. The molecule has 2 saturated heterocycles. The van der Waals surface area contributed by atoms with Gasteiger partial charge in [-0.2, -0.15) is 0 Å². The van der Waals surface area contributed by atoms with Gasteiger partial charge >= 0.3 is 0 Å². The van der Waals surface area contributed by atoms with E-state index in [1.54, 1.807) is 17.0 Å². The predicted molar refractivity (Wildman–Crippen MR) is 105 cm³/mol. The molecular formula is C20H29N3O5. The zero-order chi connectivity index (χ0) is 20.3. The normalized spacial score (nSPS) is 20.2. The molecule has 1 aromatic rings. The van der Waals surface area contributed by atoms with E-state index in [1.165, 1.54) is 21.3 Å². The fourth-order valence-corrected chi connectivity index (χ4v) is 4.01. The van der Waals surface area contributed by atoms with Crippen molar-refractivity contribution in [2.75, 3.05) is 52.9 Å². The maximum atomic E-state index is 13.0. The lowest BCUT2D eigenvalue weighted by Gasteiger charge is -2.33. The number of nitrogens with zero attached hydrogens (tertiary/aromatic N) is 2. The Bertz CT molecular complexity index is 708. The molecule has 0 aliphatic carbocycles. The van der Waals surface area contributed by atoms with E-state index in [1.807, 2.05) is 11.9 Å². The van der Waals surface area contributed by atoms with Crippen molar-refractivity contribution in [1.29, 1.82) is 0 Å². The van der Waals surface area contributed by atoms with Crippen molar-refractivity contribution in [3.8, 4) is 17.2 Å². The van der Waals surface area contributed by atoms with Crippen molar-refractivity contribution in [3.63, 3.8) is 0 Å². The molecule has 28 heavy (non-hydrogen) atoms. The molecule has 1 atom stereocenters. The highest BCUT2D eigenvalue weighted by Crippen LogP contribution is 2.42. The molecule has 2 aliphatic heterocycles. The van der Waals surface area contributed by atoms with Crippen LogP contribution in [0.1, 0.15) is 19.3 Å². The number of benzene rings is 1. The van der Waals surface area contributed by atoms with Crippen LogP contribution in [-0.4, -0.2) is 70.8 Å². The van der Waals surface area contributed by atoms with E-state index in [0.717, 1.165) is 25.9 Å². The van der Waals surface area contributed by atoms with Gasteiger partial charge in [-0.15, -0.1) is 0 Å². The molecule has 0 spiro atoms. The molecule has 0 aromatic heterocycles. The molecule has 154 valence electrons. The average Bonchev–Trinajstić information content (AvgIpc) is 3.13. The van der Waals surface area contributed by atoms with Gasteiger partial charge in [-0.1, -0.05) is 0 Å². The van der Waals surface area contributed by atoms with E-state index < -0.39 is 0 Å². The lowest BCUT2D eigenvalue weighted by Crippen LogP contribution is -2.46. The Labute approximate surface area is 165 Å². The fraction of sp³-hybridized carbons (Fsp3) is 0.600. The summed E-state index contributed by atoms with van der Waals surface area (Å²) in [5.41, 5.74) is 0.638. The van der Waals surface area contributed by atoms with Gasteiger partial charge in [0.05, 0.1) is 32.9 Å². The standard InChI is InChI=1S/C20H29N3O5/c1-22(14-5-7-21-8-6-14)20(25)13-9-18(24)23(12-13)15-10-16(26-2)19(28-4)17(11-15)27-3/h10-11,13-14,21H,5-9,12H2,1-4H3. The Morgan fingerprint density at radius 3 is 2.25 bits per heavy atom. The second-order valence-electron chi connectivity index (χ2n) is 7.22. The number of hydrogen-bond acceptors (Lipinski definition) is 6. The van der Waals surface area contributed by atoms with Gasteiger partial charge in [0.25, 0.3) is 0 Å². The molecule has 1 N–H and O–H groups in total. The summed E-state index contributed by atoms with van der Waals surface area (Å²) in [6.45, 7) is 2.19. The van der Waals surface area contributed by atoms with Gasteiger partial charge in [0.2, 0.25) is 17.6 Å². The predicted octanol–water partition coefficient (Wildman–Crippen LogP) is 1.28. The molecule has 0 bridgehead atoms. The smallest absolute Gasteiger partial charge is 0.228 e. The molecule has 8 heteroatoms. The molecule has 2 heterocycles. The maximum Gasteiger partial charge on any atom is 0.228 e. The van der Waals surface area contributed by atoms with E-state index in [-0.39, 0.29) is 30.2 Å². The monoisotopic (exact) mass is 391 g/mol. The largest absolute Gasteiger partial charge is 0.493 e. The van der Waals surface area contributed by atoms with Crippen LogP contribution in [-0.2, 0) is 9.59 Å². The quantitative estimate of drug-likeness (QED) is 0.787. The minimum atomic E-state index is -0.341. The van der Waals surface area contributed by atoms with Crippen molar-refractivity contribution in [2.45, 2.75) is 25.3 Å². The van der Waals surface area contributed by atoms with Crippen LogP contribution in [0.3, 0.4) is 0 Å². The lowest BCUT2D eigenvalue weighted by molar-refractivity contribution is -0.137. The van der Waals surface area contributed by atoms with Gasteiger partial charge in [-0.25, -0.2) is 0 Å². The van der Waals surface area contributed by atoms with Crippen LogP contribution in [0.2, 0.25) is 0 Å². The maximum absolute atomic E-state index is 13.0. The molecule has 0 radical (unpaired) electrons. The third-order valence-corrected chi connectivity index (χ3v) is 5.64. The van der Waals surface area contributed by atoms with E-state index in [4.69, 9.17) is 14.2 Å². The van der Waals surface area contributed by atoms with Crippen LogP contribution in [0.15, 0.2) is 12.1 Å². The number of hydrogen-bond donors (Lipinski definition) is 1. The number of piperidine rings is 1. The van der Waals surface area contributed by atoms with E-state index in [0.29, 0.717) is 29.5 Å². The van der Waals surface area contributed by atoms with Crippen LogP contribution in [0, 0.1) is 5.92 Å². The molecule has 1 unspecified atom stereocenters. The number of carbonyl (C=O) groups is 2. The van der Waals surface area contributed by atoms with Gasteiger partial charge in [0, 0.05) is 38.2 Å². The second kappa shape index (κ2) is 8.68. The molecular weight excluding hydrogens is 362 g/mol. The molecule has 2 amide bonds. The van der Waals surface area contributed by atoms with Crippen molar-refractivity contribution >= 4 is 17.5 Å². The topological polar surface area (TPSA) is 80.3 Å². The summed E-state index contributed by atoms with van der Waals surface area (Å²) in [5.74, 6) is 1.05. The van der Waals surface area contributed by atoms with Crippen molar-refractivity contribution in [3.05, 3.63) is 12.1 Å². The van der Waals surface area contributed by atoms with Crippen molar-refractivity contribution in [1.82, 2.24) is 10.2 Å². The van der Waals surface area contributed by atoms with Crippen molar-refractivity contribution in [2.24, 2.45) is 5.92 Å². The minimum absolute atomic E-state index is 0.0372. The average molecular weight is 391 g/mol. The summed E-state index contributed by atoms with van der Waals surface area (Å²) in [6, 6.07) is 3.71. The highest BCUT2D eigenvalue weighted by atomic mass is 16.5. The zero-order valence-electron chi connectivity index (χ0n) is 17.0. The molecule has 0 saturated carbocycles. The SMILES string of the molecule is COc1cc(N2CC(C(=O)N(C)C3CCNCC3)CC2=O)cc(OC)c1OC. The number of anilines is 1. The highest BCUT2D eigenvalue weighted by Gasteiger charge is 2.38. The Balaban J connectivity index is 1.78. The highest BCUT2D eigenvalue weighted by molar-refractivity contribution is 6.00. The van der Waals surface area contributed by atoms with Gasteiger partial charge < -0.3 is 29.3 Å².